The van der Waals surface area contributed by atoms with Crippen LogP contribution in [-0.2, 0) is 4.79 Å². The first kappa shape index (κ1) is 19.5. The van der Waals surface area contributed by atoms with Crippen LogP contribution in [0.2, 0.25) is 6.32 Å². The molecule has 2 saturated carbocycles. The van der Waals surface area contributed by atoms with Crippen LogP contribution in [0.25, 0.3) is 0 Å². The van der Waals surface area contributed by atoms with Gasteiger partial charge in [-0.05, 0) is 44.1 Å². The van der Waals surface area contributed by atoms with Crippen molar-refractivity contribution in [3.05, 3.63) is 0 Å². The van der Waals surface area contributed by atoms with Crippen LogP contribution in [0.4, 0.5) is 0 Å². The van der Waals surface area contributed by atoms with Crippen molar-refractivity contribution < 1.29 is 14.9 Å². The Balaban J connectivity index is 0.000000829. The second-order valence-electron chi connectivity index (χ2n) is 5.31. The lowest BCUT2D eigenvalue weighted by atomic mass is 9.81. The molecule has 117 valence electrons. The molecular weight excluding hydrogens is 253 g/mol. The van der Waals surface area contributed by atoms with Crippen LogP contribution < -0.4 is 5.73 Å². The molecule has 2 aliphatic rings. The third-order valence-corrected chi connectivity index (χ3v) is 4.53. The quantitative estimate of drug-likeness (QED) is 0.535. The fraction of sp³-hybridized carbons (Fsp3) is 0.933. The van der Waals surface area contributed by atoms with Crippen molar-refractivity contribution in [2.45, 2.75) is 58.7 Å². The minimum atomic E-state index is -0.604. The van der Waals surface area contributed by atoms with Crippen LogP contribution in [0.1, 0.15) is 52.4 Å². The van der Waals surface area contributed by atoms with Crippen LogP contribution in [0.3, 0.4) is 0 Å². The molecule has 0 saturated heterocycles. The summed E-state index contributed by atoms with van der Waals surface area (Å²) in [5, 5.41) is 17.9. The monoisotopic (exact) mass is 284 g/mol. The number of hydrogen-bond donors (Lipinski definition) is 3. The highest BCUT2D eigenvalue weighted by Gasteiger charge is 2.47. The zero-order chi connectivity index (χ0) is 15.5. The number of carboxylic acid groups (broad SMARTS) is 1. The summed E-state index contributed by atoms with van der Waals surface area (Å²) in [6, 6.07) is 0. The maximum absolute atomic E-state index is 11.2. The SMILES string of the molecule is CC.CN.O=C(O)C1CC2CCCC2C1CCC[B]O. The predicted molar refractivity (Wildman–Crippen MR) is 83.5 cm³/mol. The average Bonchev–Trinajstić information content (AvgIpc) is 3.05. The molecular formula is C15H31BNO3. The molecule has 0 aliphatic heterocycles. The van der Waals surface area contributed by atoms with E-state index in [9.17, 15) is 9.90 Å². The third-order valence-electron chi connectivity index (χ3n) is 4.53. The number of carboxylic acids is 1. The van der Waals surface area contributed by atoms with Gasteiger partial charge in [-0.1, -0.05) is 39.4 Å². The van der Waals surface area contributed by atoms with Gasteiger partial charge >= 0.3 is 5.97 Å². The first-order valence-corrected chi connectivity index (χ1v) is 8.00. The van der Waals surface area contributed by atoms with Crippen molar-refractivity contribution in [2.75, 3.05) is 7.05 Å². The molecule has 0 bridgehead atoms. The summed E-state index contributed by atoms with van der Waals surface area (Å²) in [7, 11) is 2.69. The molecule has 0 aromatic carbocycles. The largest absolute Gasteiger partial charge is 0.481 e. The van der Waals surface area contributed by atoms with Crippen molar-refractivity contribution in [3.8, 4) is 0 Å². The fourth-order valence-electron chi connectivity index (χ4n) is 3.87. The maximum Gasteiger partial charge on any atom is 0.306 e. The fourth-order valence-corrected chi connectivity index (χ4v) is 3.87. The minimum Gasteiger partial charge on any atom is -0.481 e. The molecule has 0 heterocycles. The molecule has 2 aliphatic carbocycles. The Morgan fingerprint density at radius 3 is 2.50 bits per heavy atom. The van der Waals surface area contributed by atoms with Crippen LogP contribution in [0, 0.1) is 23.7 Å². The molecule has 5 heteroatoms. The highest BCUT2D eigenvalue weighted by atomic mass is 16.4. The Bertz CT molecular complexity index is 264. The van der Waals surface area contributed by atoms with Crippen LogP contribution in [-0.4, -0.2) is 30.6 Å². The number of fused-ring (bicyclic) bond motifs is 1. The van der Waals surface area contributed by atoms with E-state index in [0.717, 1.165) is 19.3 Å². The number of nitrogens with two attached hydrogens (primary N) is 1. The lowest BCUT2D eigenvalue weighted by Crippen LogP contribution is -2.22. The van der Waals surface area contributed by atoms with E-state index in [0.29, 0.717) is 24.1 Å². The molecule has 2 rings (SSSR count). The standard InChI is InChI=1S/C12H20BO3.C2H6.CH5N/c14-12(15)11-7-8-3-1-4-9(8)10(11)5-2-6-13-16;2*1-2/h8-11,16H,1-7H2,(H,14,15);1-2H3;2H2,1H3. The van der Waals surface area contributed by atoms with Gasteiger partial charge in [0.25, 0.3) is 7.48 Å². The number of aliphatic carboxylic acids is 1. The Hall–Kier alpha value is -0.545. The van der Waals surface area contributed by atoms with Gasteiger partial charge in [-0.15, -0.1) is 0 Å². The maximum atomic E-state index is 11.2. The number of rotatable bonds is 5. The second-order valence-corrected chi connectivity index (χ2v) is 5.31. The second kappa shape index (κ2) is 11.2. The molecule has 4 unspecified atom stereocenters. The Labute approximate surface area is 124 Å². The van der Waals surface area contributed by atoms with Gasteiger partial charge in [-0.3, -0.25) is 4.79 Å². The minimum absolute atomic E-state index is 0.117. The van der Waals surface area contributed by atoms with Crippen molar-refractivity contribution in [1.82, 2.24) is 0 Å². The summed E-state index contributed by atoms with van der Waals surface area (Å²) in [6.07, 6.45) is 7.22. The van der Waals surface area contributed by atoms with E-state index in [2.05, 4.69) is 5.73 Å². The van der Waals surface area contributed by atoms with E-state index < -0.39 is 5.97 Å². The molecule has 0 aromatic heterocycles. The molecule has 1 radical (unpaired) electrons. The highest BCUT2D eigenvalue weighted by Crippen LogP contribution is 2.52. The molecule has 4 nitrogen and oxygen atoms in total. The van der Waals surface area contributed by atoms with Gasteiger partial charge in [0.1, 0.15) is 0 Å². The summed E-state index contributed by atoms with van der Waals surface area (Å²) in [6.45, 7) is 4.00. The molecule has 0 amide bonds. The van der Waals surface area contributed by atoms with E-state index >= 15 is 0 Å². The lowest BCUT2D eigenvalue weighted by Gasteiger charge is -2.21. The topological polar surface area (TPSA) is 83.6 Å². The van der Waals surface area contributed by atoms with Crippen LogP contribution in [0.5, 0.6) is 0 Å². The molecule has 0 aromatic rings. The van der Waals surface area contributed by atoms with Gasteiger partial charge in [-0.2, -0.15) is 0 Å². The normalized spacial score (nSPS) is 30.4. The molecule has 4 atom stereocenters. The van der Waals surface area contributed by atoms with E-state index in [1.54, 1.807) is 0 Å². The Morgan fingerprint density at radius 2 is 1.95 bits per heavy atom. The van der Waals surface area contributed by atoms with Gasteiger partial charge < -0.3 is 15.9 Å². The van der Waals surface area contributed by atoms with Gasteiger partial charge in [0.05, 0.1) is 5.92 Å². The zero-order valence-electron chi connectivity index (χ0n) is 13.2. The van der Waals surface area contributed by atoms with Crippen molar-refractivity contribution >= 4 is 13.5 Å². The van der Waals surface area contributed by atoms with Crippen molar-refractivity contribution in [1.29, 1.82) is 0 Å². The lowest BCUT2D eigenvalue weighted by molar-refractivity contribution is -0.143. The van der Waals surface area contributed by atoms with E-state index in [1.807, 2.05) is 13.8 Å². The van der Waals surface area contributed by atoms with Crippen molar-refractivity contribution in [3.63, 3.8) is 0 Å². The summed E-state index contributed by atoms with van der Waals surface area (Å²) >= 11 is 0. The predicted octanol–water partition coefficient (Wildman–Crippen LogP) is 2.53. The smallest absolute Gasteiger partial charge is 0.306 e. The summed E-state index contributed by atoms with van der Waals surface area (Å²) < 4.78 is 0. The number of carbonyl (C=O) groups is 1. The molecule has 4 N–H and O–H groups in total. The van der Waals surface area contributed by atoms with E-state index in [1.165, 1.54) is 33.8 Å². The average molecular weight is 284 g/mol. The number of hydrogen-bond acceptors (Lipinski definition) is 3. The van der Waals surface area contributed by atoms with E-state index in [-0.39, 0.29) is 5.92 Å². The summed E-state index contributed by atoms with van der Waals surface area (Å²) in [4.78, 5) is 11.2. The Kier molecular flexibility index (Phi) is 10.8. The van der Waals surface area contributed by atoms with Gasteiger partial charge in [0.15, 0.2) is 0 Å². The first-order chi connectivity index (χ1) is 9.74. The van der Waals surface area contributed by atoms with Crippen LogP contribution in [0.15, 0.2) is 0 Å². The van der Waals surface area contributed by atoms with Gasteiger partial charge in [0, 0.05) is 0 Å². The third kappa shape index (κ3) is 5.10. The molecule has 2 fully saturated rings. The van der Waals surface area contributed by atoms with Gasteiger partial charge in [0.2, 0.25) is 0 Å². The molecule has 0 spiro atoms. The first-order valence-electron chi connectivity index (χ1n) is 8.00. The molecule has 20 heavy (non-hydrogen) atoms. The zero-order valence-corrected chi connectivity index (χ0v) is 13.2. The highest BCUT2D eigenvalue weighted by molar-refractivity contribution is 6.25. The van der Waals surface area contributed by atoms with E-state index in [4.69, 9.17) is 5.02 Å². The van der Waals surface area contributed by atoms with Crippen LogP contribution >= 0.6 is 0 Å². The summed E-state index contributed by atoms with van der Waals surface area (Å²) in [5.41, 5.74) is 4.50. The van der Waals surface area contributed by atoms with Crippen molar-refractivity contribution in [2.24, 2.45) is 29.4 Å². The summed E-state index contributed by atoms with van der Waals surface area (Å²) in [5.74, 6) is 0.968. The van der Waals surface area contributed by atoms with Gasteiger partial charge in [-0.25, -0.2) is 0 Å². The Morgan fingerprint density at radius 1 is 1.30 bits per heavy atom.